The molecule has 0 radical (unpaired) electrons. The lowest BCUT2D eigenvalue weighted by Crippen LogP contribution is -2.35. The van der Waals surface area contributed by atoms with Gasteiger partial charge in [-0.15, -0.1) is 0 Å². The van der Waals surface area contributed by atoms with Crippen LogP contribution in [0.1, 0.15) is 20.8 Å². The topological polar surface area (TPSA) is 44.3 Å². The fourth-order valence-corrected chi connectivity index (χ4v) is 1.65. The minimum Gasteiger partial charge on any atom is -0.355 e. The number of likely N-dealkylation sites (N-methyl/N-ethyl adjacent to an activating group) is 1. The number of hydrogen-bond donors (Lipinski definition) is 1. The van der Waals surface area contributed by atoms with Crippen molar-refractivity contribution in [2.24, 2.45) is 0 Å². The van der Waals surface area contributed by atoms with Crippen molar-refractivity contribution in [3.05, 3.63) is 12.3 Å². The SMILES string of the molecule is CCN(CCNC(C)C)c1ccnc(N(C)C)n1. The van der Waals surface area contributed by atoms with Crippen molar-refractivity contribution < 1.29 is 0 Å². The smallest absolute Gasteiger partial charge is 0.226 e. The predicted molar refractivity (Wildman–Crippen MR) is 77.4 cm³/mol. The average Bonchev–Trinajstić information content (AvgIpc) is 2.34. The summed E-state index contributed by atoms with van der Waals surface area (Å²) in [6.45, 7) is 9.33. The van der Waals surface area contributed by atoms with Crippen molar-refractivity contribution in [2.75, 3.05) is 43.5 Å². The first kappa shape index (κ1) is 14.7. The molecule has 0 aromatic carbocycles. The molecule has 0 saturated heterocycles. The van der Waals surface area contributed by atoms with Gasteiger partial charge in [0.1, 0.15) is 5.82 Å². The molecule has 102 valence electrons. The zero-order valence-corrected chi connectivity index (χ0v) is 12.1. The lowest BCUT2D eigenvalue weighted by molar-refractivity contribution is 0.582. The molecule has 1 aromatic heterocycles. The van der Waals surface area contributed by atoms with Crippen molar-refractivity contribution in [3.8, 4) is 0 Å². The number of rotatable bonds is 7. The highest BCUT2D eigenvalue weighted by molar-refractivity contribution is 5.42. The first-order valence-corrected chi connectivity index (χ1v) is 6.53. The van der Waals surface area contributed by atoms with E-state index in [1.54, 1.807) is 0 Å². The third-order valence-electron chi connectivity index (χ3n) is 2.67. The summed E-state index contributed by atoms with van der Waals surface area (Å²) in [7, 11) is 3.91. The molecule has 5 nitrogen and oxygen atoms in total. The van der Waals surface area contributed by atoms with Gasteiger partial charge in [-0.25, -0.2) is 4.98 Å². The summed E-state index contributed by atoms with van der Waals surface area (Å²) >= 11 is 0. The normalized spacial score (nSPS) is 10.8. The summed E-state index contributed by atoms with van der Waals surface area (Å²) in [6.07, 6.45) is 1.82. The van der Waals surface area contributed by atoms with E-state index >= 15 is 0 Å². The van der Waals surface area contributed by atoms with E-state index in [9.17, 15) is 0 Å². The van der Waals surface area contributed by atoms with Crippen molar-refractivity contribution in [3.63, 3.8) is 0 Å². The van der Waals surface area contributed by atoms with Crippen LogP contribution in [0.4, 0.5) is 11.8 Å². The van der Waals surface area contributed by atoms with Gasteiger partial charge < -0.3 is 15.1 Å². The van der Waals surface area contributed by atoms with E-state index in [0.717, 1.165) is 31.4 Å². The van der Waals surface area contributed by atoms with Crippen molar-refractivity contribution in [2.45, 2.75) is 26.8 Å². The zero-order valence-electron chi connectivity index (χ0n) is 12.1. The first-order chi connectivity index (χ1) is 8.54. The van der Waals surface area contributed by atoms with Crippen LogP contribution in [0.15, 0.2) is 12.3 Å². The standard InChI is InChI=1S/C13H25N5/c1-6-18(10-9-14-11(2)3)12-7-8-15-13(16-12)17(4)5/h7-8,11,14H,6,9-10H2,1-5H3. The van der Waals surface area contributed by atoms with Crippen LogP contribution in [0.5, 0.6) is 0 Å². The predicted octanol–water partition coefficient (Wildman–Crippen LogP) is 1.37. The summed E-state index contributed by atoms with van der Waals surface area (Å²) < 4.78 is 0. The third-order valence-corrected chi connectivity index (χ3v) is 2.67. The summed E-state index contributed by atoms with van der Waals surface area (Å²) in [5, 5.41) is 3.42. The van der Waals surface area contributed by atoms with Crippen LogP contribution in [-0.2, 0) is 0 Å². The average molecular weight is 251 g/mol. The Morgan fingerprint density at radius 1 is 1.33 bits per heavy atom. The molecule has 0 spiro atoms. The number of aromatic nitrogens is 2. The highest BCUT2D eigenvalue weighted by Crippen LogP contribution is 2.12. The monoisotopic (exact) mass is 251 g/mol. The second kappa shape index (κ2) is 7.16. The Bertz CT molecular complexity index is 351. The molecular formula is C13H25N5. The highest BCUT2D eigenvalue weighted by atomic mass is 15.3. The van der Waals surface area contributed by atoms with Crippen molar-refractivity contribution in [1.29, 1.82) is 0 Å². The van der Waals surface area contributed by atoms with Crippen LogP contribution in [0, 0.1) is 0 Å². The Morgan fingerprint density at radius 3 is 2.61 bits per heavy atom. The molecule has 1 rings (SSSR count). The van der Waals surface area contributed by atoms with E-state index in [0.29, 0.717) is 6.04 Å². The molecule has 0 amide bonds. The molecule has 0 aliphatic heterocycles. The van der Waals surface area contributed by atoms with Gasteiger partial charge in [-0.05, 0) is 13.0 Å². The molecule has 0 aliphatic rings. The van der Waals surface area contributed by atoms with E-state index in [2.05, 4.69) is 41.0 Å². The van der Waals surface area contributed by atoms with E-state index < -0.39 is 0 Å². The van der Waals surface area contributed by atoms with Gasteiger partial charge in [0.15, 0.2) is 0 Å². The van der Waals surface area contributed by atoms with Gasteiger partial charge in [0.05, 0.1) is 0 Å². The van der Waals surface area contributed by atoms with E-state index in [1.807, 2.05) is 31.3 Å². The van der Waals surface area contributed by atoms with Gasteiger partial charge in [-0.2, -0.15) is 4.98 Å². The fraction of sp³-hybridized carbons (Fsp3) is 0.692. The molecule has 1 N–H and O–H groups in total. The Labute approximate surface area is 110 Å². The number of nitrogens with zero attached hydrogens (tertiary/aromatic N) is 4. The molecule has 0 bridgehead atoms. The minimum absolute atomic E-state index is 0.520. The van der Waals surface area contributed by atoms with Crippen LogP contribution in [0.2, 0.25) is 0 Å². The van der Waals surface area contributed by atoms with E-state index in [1.165, 1.54) is 0 Å². The Kier molecular flexibility index (Phi) is 5.85. The van der Waals surface area contributed by atoms with Crippen LogP contribution in [-0.4, -0.2) is 49.7 Å². The summed E-state index contributed by atoms with van der Waals surface area (Å²) in [6, 6.07) is 2.48. The highest BCUT2D eigenvalue weighted by Gasteiger charge is 2.08. The molecule has 5 heteroatoms. The van der Waals surface area contributed by atoms with Crippen LogP contribution >= 0.6 is 0 Å². The minimum atomic E-state index is 0.520. The van der Waals surface area contributed by atoms with E-state index in [4.69, 9.17) is 0 Å². The molecule has 0 atom stereocenters. The summed E-state index contributed by atoms with van der Waals surface area (Å²) in [5.41, 5.74) is 0. The maximum absolute atomic E-state index is 4.55. The molecule has 0 unspecified atom stereocenters. The second-order valence-electron chi connectivity index (χ2n) is 4.80. The Morgan fingerprint density at radius 2 is 2.06 bits per heavy atom. The molecule has 1 aromatic rings. The molecule has 1 heterocycles. The largest absolute Gasteiger partial charge is 0.355 e. The quantitative estimate of drug-likeness (QED) is 0.793. The first-order valence-electron chi connectivity index (χ1n) is 6.53. The Balaban J connectivity index is 2.66. The van der Waals surface area contributed by atoms with Gasteiger partial charge in [0.2, 0.25) is 5.95 Å². The zero-order chi connectivity index (χ0) is 13.5. The molecule has 0 saturated carbocycles. The Hall–Kier alpha value is -1.36. The summed E-state index contributed by atoms with van der Waals surface area (Å²) in [5.74, 6) is 1.74. The second-order valence-corrected chi connectivity index (χ2v) is 4.80. The van der Waals surface area contributed by atoms with Gasteiger partial charge in [-0.3, -0.25) is 0 Å². The maximum atomic E-state index is 4.55. The molecule has 18 heavy (non-hydrogen) atoms. The lowest BCUT2D eigenvalue weighted by atomic mass is 10.4. The maximum Gasteiger partial charge on any atom is 0.226 e. The fourth-order valence-electron chi connectivity index (χ4n) is 1.65. The van der Waals surface area contributed by atoms with Crippen molar-refractivity contribution >= 4 is 11.8 Å². The number of hydrogen-bond acceptors (Lipinski definition) is 5. The number of anilines is 2. The van der Waals surface area contributed by atoms with Gasteiger partial charge in [-0.1, -0.05) is 13.8 Å². The molecule has 0 aliphatic carbocycles. The number of nitrogens with one attached hydrogen (secondary N) is 1. The van der Waals surface area contributed by atoms with E-state index in [-0.39, 0.29) is 0 Å². The molecule has 0 fully saturated rings. The summed E-state index contributed by atoms with van der Waals surface area (Å²) in [4.78, 5) is 13.0. The van der Waals surface area contributed by atoms with Crippen molar-refractivity contribution in [1.82, 2.24) is 15.3 Å². The van der Waals surface area contributed by atoms with Crippen LogP contribution in [0.3, 0.4) is 0 Å². The third kappa shape index (κ3) is 4.49. The van der Waals surface area contributed by atoms with Gasteiger partial charge in [0.25, 0.3) is 0 Å². The van der Waals surface area contributed by atoms with Gasteiger partial charge >= 0.3 is 0 Å². The molecular weight excluding hydrogens is 226 g/mol. The van der Waals surface area contributed by atoms with Gasteiger partial charge in [0, 0.05) is 46.0 Å². The lowest BCUT2D eigenvalue weighted by Gasteiger charge is -2.23. The van der Waals surface area contributed by atoms with Crippen LogP contribution in [0.25, 0.3) is 0 Å². The van der Waals surface area contributed by atoms with Crippen LogP contribution < -0.4 is 15.1 Å².